The van der Waals surface area contributed by atoms with Crippen LogP contribution in [0.4, 0.5) is 0 Å². The van der Waals surface area contributed by atoms with Gasteiger partial charge in [-0.2, -0.15) is 0 Å². The van der Waals surface area contributed by atoms with E-state index in [-0.39, 0.29) is 0 Å². The van der Waals surface area contributed by atoms with Gasteiger partial charge in [0.1, 0.15) is 0 Å². The zero-order valence-electron chi connectivity index (χ0n) is 7.05. The van der Waals surface area contributed by atoms with E-state index >= 15 is 0 Å². The maximum Gasteiger partial charge on any atom is 0.0219 e. The predicted octanol–water partition coefficient (Wildman–Crippen LogP) is 0.866. The van der Waals surface area contributed by atoms with Gasteiger partial charge in [-0.15, -0.1) is 0 Å². The Labute approximate surface area is 68.5 Å². The summed E-state index contributed by atoms with van der Waals surface area (Å²) in [5.41, 5.74) is 6.06. The van der Waals surface area contributed by atoms with E-state index < -0.39 is 0 Å². The molecule has 0 spiro atoms. The maximum atomic E-state index is 6.06. The van der Waals surface area contributed by atoms with Crippen molar-refractivity contribution in [3.8, 4) is 0 Å². The number of hydrogen-bond donors (Lipinski definition) is 2. The van der Waals surface area contributed by atoms with Crippen molar-refractivity contribution in [2.75, 3.05) is 6.54 Å². The highest BCUT2D eigenvalue weighted by atomic mass is 15.0. The minimum Gasteiger partial charge on any atom is -0.326 e. The normalized spacial score (nSPS) is 34.1. The maximum absolute atomic E-state index is 6.06. The summed E-state index contributed by atoms with van der Waals surface area (Å²) in [5.74, 6) is 0.979. The highest BCUT2D eigenvalue weighted by molar-refractivity contribution is 4.88. The summed E-state index contributed by atoms with van der Waals surface area (Å²) in [5, 5.41) is 3.46. The van der Waals surface area contributed by atoms with Gasteiger partial charge in [0.25, 0.3) is 0 Å². The molecule has 2 fully saturated rings. The van der Waals surface area contributed by atoms with Crippen LogP contribution in [0.1, 0.15) is 32.1 Å². The van der Waals surface area contributed by atoms with Gasteiger partial charge in [0.15, 0.2) is 0 Å². The van der Waals surface area contributed by atoms with Crippen molar-refractivity contribution in [3.05, 3.63) is 0 Å². The van der Waals surface area contributed by atoms with Gasteiger partial charge < -0.3 is 11.1 Å². The summed E-state index contributed by atoms with van der Waals surface area (Å²) in [6.07, 6.45) is 6.75. The first-order valence-corrected chi connectivity index (χ1v) is 4.85. The van der Waals surface area contributed by atoms with Crippen molar-refractivity contribution in [3.63, 3.8) is 0 Å². The van der Waals surface area contributed by atoms with E-state index in [9.17, 15) is 0 Å². The largest absolute Gasteiger partial charge is 0.326 e. The fourth-order valence-corrected chi connectivity index (χ4v) is 1.98. The highest BCUT2D eigenvalue weighted by Gasteiger charge is 2.28. The van der Waals surface area contributed by atoms with E-state index in [4.69, 9.17) is 5.73 Å². The van der Waals surface area contributed by atoms with Crippen LogP contribution in [0.3, 0.4) is 0 Å². The first-order valence-electron chi connectivity index (χ1n) is 4.85. The summed E-state index contributed by atoms with van der Waals surface area (Å²) < 4.78 is 0. The number of rotatable bonds is 3. The number of nitrogens with one attached hydrogen (secondary N) is 1. The first kappa shape index (κ1) is 7.56. The van der Waals surface area contributed by atoms with Crippen LogP contribution in [0, 0.1) is 5.92 Å². The monoisotopic (exact) mass is 154 g/mol. The van der Waals surface area contributed by atoms with Gasteiger partial charge in [0, 0.05) is 12.1 Å². The molecule has 11 heavy (non-hydrogen) atoms. The van der Waals surface area contributed by atoms with Crippen LogP contribution in [-0.2, 0) is 0 Å². The van der Waals surface area contributed by atoms with Gasteiger partial charge in [-0.25, -0.2) is 0 Å². The van der Waals surface area contributed by atoms with Crippen LogP contribution in [-0.4, -0.2) is 18.6 Å². The van der Waals surface area contributed by atoms with Crippen molar-refractivity contribution in [2.45, 2.75) is 44.2 Å². The average Bonchev–Trinajstić information content (AvgIpc) is 2.67. The second-order valence-electron chi connectivity index (χ2n) is 4.05. The lowest BCUT2D eigenvalue weighted by Crippen LogP contribution is -2.41. The molecule has 1 heterocycles. The van der Waals surface area contributed by atoms with E-state index in [2.05, 4.69) is 5.32 Å². The predicted molar refractivity (Wildman–Crippen MR) is 46.3 cm³/mol. The van der Waals surface area contributed by atoms with Crippen molar-refractivity contribution in [1.82, 2.24) is 5.32 Å². The number of hydrogen-bond acceptors (Lipinski definition) is 2. The fraction of sp³-hybridized carbons (Fsp3) is 1.00. The molecule has 0 radical (unpaired) electrons. The average molecular weight is 154 g/mol. The minimum absolute atomic E-state index is 0.435. The molecule has 2 unspecified atom stereocenters. The van der Waals surface area contributed by atoms with Gasteiger partial charge in [0.2, 0.25) is 0 Å². The van der Waals surface area contributed by atoms with Gasteiger partial charge >= 0.3 is 0 Å². The van der Waals surface area contributed by atoms with E-state index in [1.165, 1.54) is 38.6 Å². The quantitative estimate of drug-likeness (QED) is 0.633. The van der Waals surface area contributed by atoms with E-state index in [1.807, 2.05) is 0 Å². The molecule has 2 nitrogen and oxygen atoms in total. The third kappa shape index (κ3) is 1.94. The minimum atomic E-state index is 0.435. The Hall–Kier alpha value is -0.0800. The summed E-state index contributed by atoms with van der Waals surface area (Å²) in [6, 6.07) is 1.07. The Morgan fingerprint density at radius 2 is 2.18 bits per heavy atom. The lowest BCUT2D eigenvalue weighted by molar-refractivity contribution is 0.440. The topological polar surface area (TPSA) is 38.0 Å². The molecule has 2 rings (SSSR count). The summed E-state index contributed by atoms with van der Waals surface area (Å²) in [6.45, 7) is 1.18. The molecular weight excluding hydrogens is 136 g/mol. The molecule has 1 aliphatic heterocycles. The van der Waals surface area contributed by atoms with Gasteiger partial charge in [-0.3, -0.25) is 0 Å². The Morgan fingerprint density at radius 3 is 2.73 bits per heavy atom. The van der Waals surface area contributed by atoms with Crippen molar-refractivity contribution < 1.29 is 0 Å². The fourth-order valence-electron chi connectivity index (χ4n) is 1.98. The molecule has 1 aliphatic carbocycles. The van der Waals surface area contributed by atoms with Crippen LogP contribution in [0.5, 0.6) is 0 Å². The lowest BCUT2D eigenvalue weighted by atomic mass is 10.0. The molecule has 64 valence electrons. The molecule has 0 aromatic carbocycles. The molecule has 2 atom stereocenters. The molecule has 2 aliphatic rings. The lowest BCUT2D eigenvalue weighted by Gasteiger charge is -2.18. The molecular formula is C9H18N2. The summed E-state index contributed by atoms with van der Waals surface area (Å²) in [4.78, 5) is 0. The SMILES string of the molecule is NC(CC1CC1)C1CCCN1. The van der Waals surface area contributed by atoms with Crippen LogP contribution in [0.15, 0.2) is 0 Å². The van der Waals surface area contributed by atoms with E-state index in [0.29, 0.717) is 12.1 Å². The third-order valence-corrected chi connectivity index (χ3v) is 2.92. The van der Waals surface area contributed by atoms with Crippen molar-refractivity contribution in [1.29, 1.82) is 0 Å². The Kier molecular flexibility index (Phi) is 2.14. The molecule has 0 bridgehead atoms. The van der Waals surface area contributed by atoms with E-state index in [1.54, 1.807) is 0 Å². The molecule has 2 heteroatoms. The summed E-state index contributed by atoms with van der Waals surface area (Å²) >= 11 is 0. The van der Waals surface area contributed by atoms with Crippen LogP contribution < -0.4 is 11.1 Å². The third-order valence-electron chi connectivity index (χ3n) is 2.92. The molecule has 0 amide bonds. The Morgan fingerprint density at radius 1 is 1.36 bits per heavy atom. The van der Waals surface area contributed by atoms with Crippen LogP contribution >= 0.6 is 0 Å². The van der Waals surface area contributed by atoms with Crippen molar-refractivity contribution in [2.24, 2.45) is 11.7 Å². The zero-order valence-corrected chi connectivity index (χ0v) is 7.05. The highest BCUT2D eigenvalue weighted by Crippen LogP contribution is 2.34. The molecule has 0 aromatic rings. The molecule has 3 N–H and O–H groups in total. The second-order valence-corrected chi connectivity index (χ2v) is 4.05. The van der Waals surface area contributed by atoms with Crippen LogP contribution in [0.25, 0.3) is 0 Å². The second kappa shape index (κ2) is 3.11. The van der Waals surface area contributed by atoms with Crippen molar-refractivity contribution >= 4 is 0 Å². The first-order chi connectivity index (χ1) is 5.36. The zero-order chi connectivity index (χ0) is 7.68. The molecule has 0 aromatic heterocycles. The summed E-state index contributed by atoms with van der Waals surface area (Å²) in [7, 11) is 0. The van der Waals surface area contributed by atoms with Gasteiger partial charge in [-0.1, -0.05) is 12.8 Å². The smallest absolute Gasteiger partial charge is 0.0219 e. The molecule has 1 saturated heterocycles. The standard InChI is InChI=1S/C9H18N2/c10-8(6-7-3-4-7)9-2-1-5-11-9/h7-9,11H,1-6,10H2. The van der Waals surface area contributed by atoms with Crippen LogP contribution in [0.2, 0.25) is 0 Å². The van der Waals surface area contributed by atoms with E-state index in [0.717, 1.165) is 5.92 Å². The Bertz CT molecular complexity index is 126. The Balaban J connectivity index is 1.73. The van der Waals surface area contributed by atoms with Gasteiger partial charge in [-0.05, 0) is 31.7 Å². The van der Waals surface area contributed by atoms with Gasteiger partial charge in [0.05, 0.1) is 0 Å². The molecule has 1 saturated carbocycles. The number of nitrogens with two attached hydrogens (primary N) is 1.